The molecule has 2 rings (SSSR count). The Labute approximate surface area is 181 Å². The summed E-state index contributed by atoms with van der Waals surface area (Å²) in [6, 6.07) is 9.23. The molecule has 1 heterocycles. The van der Waals surface area contributed by atoms with E-state index in [0.717, 1.165) is 12.0 Å². The van der Waals surface area contributed by atoms with E-state index in [-0.39, 0.29) is 24.0 Å². The first-order valence-electron chi connectivity index (χ1n) is 8.11. The van der Waals surface area contributed by atoms with Gasteiger partial charge in [-0.05, 0) is 30.2 Å². The summed E-state index contributed by atoms with van der Waals surface area (Å²) >= 11 is 5.76. The highest BCUT2D eigenvalue weighted by molar-refractivity contribution is 14.0. The molecule has 1 aromatic carbocycles. The highest BCUT2D eigenvalue weighted by atomic mass is 127. The Balaban J connectivity index is 0.00000364. The largest absolute Gasteiger partial charge is 0.493 e. The Bertz CT molecular complexity index is 729. The number of nitrogens with two attached hydrogens (primary N) is 1. The van der Waals surface area contributed by atoms with Crippen molar-refractivity contribution in [3.63, 3.8) is 0 Å². The van der Waals surface area contributed by atoms with Gasteiger partial charge in [0.25, 0.3) is 0 Å². The van der Waals surface area contributed by atoms with Crippen molar-refractivity contribution in [1.82, 2.24) is 10.3 Å². The lowest BCUT2D eigenvalue weighted by Crippen LogP contribution is -2.35. The predicted molar refractivity (Wildman–Crippen MR) is 118 cm³/mol. The van der Waals surface area contributed by atoms with Gasteiger partial charge < -0.3 is 25.3 Å². The lowest BCUT2D eigenvalue weighted by Gasteiger charge is -2.09. The Morgan fingerprint density at radius 1 is 1.19 bits per heavy atom. The van der Waals surface area contributed by atoms with Crippen molar-refractivity contribution in [2.45, 2.75) is 6.42 Å². The van der Waals surface area contributed by atoms with Crippen LogP contribution >= 0.6 is 35.6 Å². The van der Waals surface area contributed by atoms with E-state index in [1.54, 1.807) is 26.4 Å². The maximum atomic E-state index is 5.84. The number of hydrogen-bond donors (Lipinski definition) is 2. The molecule has 0 aliphatic carbocycles. The monoisotopic (exact) mass is 506 g/mol. The van der Waals surface area contributed by atoms with Crippen LogP contribution in [0.25, 0.3) is 0 Å². The fraction of sp³-hybridized carbons (Fsp3) is 0.333. The van der Waals surface area contributed by atoms with Crippen LogP contribution < -0.4 is 25.3 Å². The van der Waals surface area contributed by atoms with Gasteiger partial charge in [0.1, 0.15) is 6.61 Å². The molecule has 0 bridgehead atoms. The van der Waals surface area contributed by atoms with E-state index in [2.05, 4.69) is 15.3 Å². The molecule has 148 valence electrons. The van der Waals surface area contributed by atoms with Gasteiger partial charge >= 0.3 is 0 Å². The molecule has 0 radical (unpaired) electrons. The van der Waals surface area contributed by atoms with E-state index in [0.29, 0.717) is 48.1 Å². The zero-order chi connectivity index (χ0) is 18.8. The van der Waals surface area contributed by atoms with Gasteiger partial charge in [-0.3, -0.25) is 4.99 Å². The zero-order valence-corrected chi connectivity index (χ0v) is 18.4. The number of pyridine rings is 1. The second-order valence-electron chi connectivity index (χ2n) is 5.30. The van der Waals surface area contributed by atoms with Crippen molar-refractivity contribution in [3.8, 4) is 17.4 Å². The molecule has 0 unspecified atom stereocenters. The first kappa shape index (κ1) is 23.1. The molecule has 3 N–H and O–H groups in total. The summed E-state index contributed by atoms with van der Waals surface area (Å²) in [4.78, 5) is 8.34. The number of ether oxygens (including phenoxy) is 3. The summed E-state index contributed by atoms with van der Waals surface area (Å²) < 4.78 is 16.0. The number of halogens is 2. The third-order valence-electron chi connectivity index (χ3n) is 3.49. The maximum Gasteiger partial charge on any atom is 0.213 e. The number of nitrogens with one attached hydrogen (secondary N) is 1. The Morgan fingerprint density at radius 3 is 2.63 bits per heavy atom. The summed E-state index contributed by atoms with van der Waals surface area (Å²) in [7, 11) is 3.23. The van der Waals surface area contributed by atoms with Gasteiger partial charge in [0.15, 0.2) is 17.5 Å². The molecule has 0 spiro atoms. The Kier molecular flexibility index (Phi) is 10.6. The van der Waals surface area contributed by atoms with Crippen LogP contribution in [0, 0.1) is 0 Å². The van der Waals surface area contributed by atoms with Gasteiger partial charge in [-0.2, -0.15) is 0 Å². The number of rotatable bonds is 9. The van der Waals surface area contributed by atoms with Gasteiger partial charge in [-0.15, -0.1) is 24.0 Å². The minimum Gasteiger partial charge on any atom is -0.493 e. The predicted octanol–water partition coefficient (Wildman–Crippen LogP) is 2.90. The highest BCUT2D eigenvalue weighted by Gasteiger charge is 2.04. The molecule has 27 heavy (non-hydrogen) atoms. The molecule has 1 aromatic heterocycles. The molecule has 9 heteroatoms. The maximum absolute atomic E-state index is 5.84. The molecule has 0 saturated carbocycles. The van der Waals surface area contributed by atoms with Crippen molar-refractivity contribution in [3.05, 3.63) is 47.1 Å². The van der Waals surface area contributed by atoms with E-state index in [1.807, 2.05) is 18.2 Å². The van der Waals surface area contributed by atoms with Gasteiger partial charge in [-0.25, -0.2) is 4.98 Å². The van der Waals surface area contributed by atoms with Crippen LogP contribution in [0.15, 0.2) is 41.5 Å². The average Bonchev–Trinajstić information content (AvgIpc) is 2.66. The number of nitrogens with zero attached hydrogens (tertiary/aromatic N) is 2. The van der Waals surface area contributed by atoms with Crippen LogP contribution in [0.3, 0.4) is 0 Å². The van der Waals surface area contributed by atoms with Crippen molar-refractivity contribution < 1.29 is 14.2 Å². The van der Waals surface area contributed by atoms with Gasteiger partial charge in [0, 0.05) is 18.8 Å². The molecule has 2 aromatic rings. The topological polar surface area (TPSA) is 91.0 Å². The van der Waals surface area contributed by atoms with E-state index < -0.39 is 0 Å². The van der Waals surface area contributed by atoms with Crippen LogP contribution in [-0.2, 0) is 6.42 Å². The fourth-order valence-corrected chi connectivity index (χ4v) is 2.29. The summed E-state index contributed by atoms with van der Waals surface area (Å²) in [5.41, 5.74) is 6.94. The molecular formula is C18H24ClIN4O3. The number of methoxy groups -OCH3 is 2. The smallest absolute Gasteiger partial charge is 0.213 e. The molecule has 0 amide bonds. The molecule has 0 saturated heterocycles. The van der Waals surface area contributed by atoms with E-state index in [1.165, 1.54) is 6.20 Å². The first-order valence-corrected chi connectivity index (χ1v) is 8.49. The third-order valence-corrected chi connectivity index (χ3v) is 3.71. The van der Waals surface area contributed by atoms with Crippen LogP contribution in [0.1, 0.15) is 5.56 Å². The quantitative estimate of drug-likeness (QED) is 0.235. The molecule has 7 nitrogen and oxygen atoms in total. The first-order chi connectivity index (χ1) is 12.6. The normalized spacial score (nSPS) is 10.7. The van der Waals surface area contributed by atoms with E-state index in [9.17, 15) is 0 Å². The highest BCUT2D eigenvalue weighted by Crippen LogP contribution is 2.27. The van der Waals surface area contributed by atoms with Gasteiger partial charge in [-0.1, -0.05) is 17.7 Å². The van der Waals surface area contributed by atoms with Crippen LogP contribution in [0.2, 0.25) is 5.02 Å². The standard InChI is InChI=1S/C18H23ClN4O3.HI/c1-24-15-5-3-13(11-16(15)25-2)7-8-21-18(20)22-9-10-26-17-6-4-14(19)12-23-17;/h3-6,11-12H,7-10H2,1-2H3,(H3,20,21,22);1H. The Hall–Kier alpha value is -1.94. The molecule has 0 fully saturated rings. The fourth-order valence-electron chi connectivity index (χ4n) is 2.18. The zero-order valence-electron chi connectivity index (χ0n) is 15.3. The molecule has 0 aliphatic rings. The van der Waals surface area contributed by atoms with Crippen molar-refractivity contribution >= 4 is 41.5 Å². The van der Waals surface area contributed by atoms with Crippen LogP contribution in [-0.4, -0.2) is 44.9 Å². The summed E-state index contributed by atoms with van der Waals surface area (Å²) in [5, 5.41) is 3.57. The summed E-state index contributed by atoms with van der Waals surface area (Å²) in [5.74, 6) is 2.29. The molecular weight excluding hydrogens is 483 g/mol. The lowest BCUT2D eigenvalue weighted by molar-refractivity contribution is 0.310. The van der Waals surface area contributed by atoms with E-state index >= 15 is 0 Å². The van der Waals surface area contributed by atoms with Crippen LogP contribution in [0.4, 0.5) is 0 Å². The van der Waals surface area contributed by atoms with Crippen molar-refractivity contribution in [1.29, 1.82) is 0 Å². The molecule has 0 aliphatic heterocycles. The minimum atomic E-state index is 0. The average molecular weight is 507 g/mol. The van der Waals surface area contributed by atoms with Crippen molar-refractivity contribution in [2.75, 3.05) is 33.9 Å². The lowest BCUT2D eigenvalue weighted by atomic mass is 10.1. The van der Waals surface area contributed by atoms with Gasteiger partial charge in [0.2, 0.25) is 5.88 Å². The van der Waals surface area contributed by atoms with Gasteiger partial charge in [0.05, 0.1) is 25.8 Å². The Morgan fingerprint density at radius 2 is 1.96 bits per heavy atom. The number of aromatic nitrogens is 1. The van der Waals surface area contributed by atoms with E-state index in [4.69, 9.17) is 31.5 Å². The molecule has 0 atom stereocenters. The second-order valence-corrected chi connectivity index (χ2v) is 5.73. The summed E-state index contributed by atoms with van der Waals surface area (Å²) in [6.45, 7) is 1.50. The number of aliphatic imine (C=N–C) groups is 1. The number of benzene rings is 1. The number of guanidine groups is 1. The van der Waals surface area contributed by atoms with Crippen molar-refractivity contribution in [2.24, 2.45) is 10.7 Å². The second kappa shape index (κ2) is 12.4. The third kappa shape index (κ3) is 8.08. The minimum absolute atomic E-state index is 0. The summed E-state index contributed by atoms with van der Waals surface area (Å²) in [6.07, 6.45) is 2.28. The number of hydrogen-bond acceptors (Lipinski definition) is 5. The van der Waals surface area contributed by atoms with Crippen LogP contribution in [0.5, 0.6) is 17.4 Å². The SMILES string of the molecule is COc1ccc(CCN=C(N)NCCOc2ccc(Cl)cn2)cc1OC.I.